The van der Waals surface area contributed by atoms with Gasteiger partial charge in [-0.1, -0.05) is 0 Å². The number of carbonyl (C=O) groups excluding carboxylic acids is 3. The highest BCUT2D eigenvalue weighted by atomic mass is 16.5. The van der Waals surface area contributed by atoms with Gasteiger partial charge >= 0.3 is 0 Å². The van der Waals surface area contributed by atoms with E-state index in [1.165, 1.54) is 0 Å². The highest BCUT2D eigenvalue weighted by molar-refractivity contribution is 5.95. The van der Waals surface area contributed by atoms with Gasteiger partial charge in [-0.15, -0.1) is 0 Å². The maximum atomic E-state index is 12.8. The third-order valence-corrected chi connectivity index (χ3v) is 5.91. The summed E-state index contributed by atoms with van der Waals surface area (Å²) < 4.78 is 10.5. The largest absolute Gasteiger partial charge is 0.493 e. The van der Waals surface area contributed by atoms with Gasteiger partial charge in [-0.3, -0.25) is 14.4 Å². The molecule has 0 bridgehead atoms. The molecule has 1 N–H and O–H groups in total. The Labute approximate surface area is 177 Å². The highest BCUT2D eigenvalue weighted by Crippen LogP contribution is 2.28. The maximum Gasteiger partial charge on any atom is 0.253 e. The maximum absolute atomic E-state index is 12.8. The lowest BCUT2D eigenvalue weighted by Gasteiger charge is -2.33. The Hall–Kier alpha value is -2.77. The molecule has 0 aromatic heterocycles. The summed E-state index contributed by atoms with van der Waals surface area (Å²) in [5.74, 6) is 0.738. The molecule has 2 aliphatic heterocycles. The molecule has 0 aliphatic carbocycles. The van der Waals surface area contributed by atoms with E-state index in [1.54, 1.807) is 42.2 Å². The molecule has 2 saturated heterocycles. The summed E-state index contributed by atoms with van der Waals surface area (Å²) in [7, 11) is 3.10. The number of rotatable bonds is 6. The number of methoxy groups -OCH3 is 2. The number of amides is 3. The second kappa shape index (κ2) is 9.36. The predicted octanol–water partition coefficient (Wildman–Crippen LogP) is 1.68. The Morgan fingerprint density at radius 3 is 2.33 bits per heavy atom. The molecule has 1 atom stereocenters. The first-order valence-electron chi connectivity index (χ1n) is 10.4. The number of carbonyl (C=O) groups is 3. The van der Waals surface area contributed by atoms with E-state index in [0.717, 1.165) is 0 Å². The fraction of sp³-hybridized carbons (Fsp3) is 0.591. The van der Waals surface area contributed by atoms with Crippen molar-refractivity contribution in [2.75, 3.05) is 33.9 Å². The van der Waals surface area contributed by atoms with E-state index in [4.69, 9.17) is 9.47 Å². The van der Waals surface area contributed by atoms with Crippen LogP contribution in [0.5, 0.6) is 11.5 Å². The molecule has 1 aromatic rings. The van der Waals surface area contributed by atoms with Crippen molar-refractivity contribution in [1.82, 2.24) is 15.1 Å². The van der Waals surface area contributed by atoms with Gasteiger partial charge in [-0.25, -0.2) is 0 Å². The van der Waals surface area contributed by atoms with Crippen molar-refractivity contribution >= 4 is 17.7 Å². The smallest absolute Gasteiger partial charge is 0.253 e. The van der Waals surface area contributed by atoms with E-state index in [0.29, 0.717) is 49.5 Å². The summed E-state index contributed by atoms with van der Waals surface area (Å²) in [5.41, 5.74) is 0.549. The molecule has 30 heavy (non-hydrogen) atoms. The lowest BCUT2D eigenvalue weighted by molar-refractivity contribution is -0.130. The van der Waals surface area contributed by atoms with Crippen LogP contribution in [0.3, 0.4) is 0 Å². The van der Waals surface area contributed by atoms with Crippen LogP contribution in [-0.2, 0) is 9.59 Å². The number of likely N-dealkylation sites (tertiary alicyclic amines) is 2. The van der Waals surface area contributed by atoms with Gasteiger partial charge in [0, 0.05) is 43.7 Å². The van der Waals surface area contributed by atoms with Crippen molar-refractivity contribution in [3.05, 3.63) is 23.8 Å². The topological polar surface area (TPSA) is 88.2 Å². The van der Waals surface area contributed by atoms with E-state index in [9.17, 15) is 14.4 Å². The Bertz CT molecular complexity index is 802. The number of hydrogen-bond acceptors (Lipinski definition) is 5. The quantitative estimate of drug-likeness (QED) is 0.761. The minimum Gasteiger partial charge on any atom is -0.493 e. The van der Waals surface area contributed by atoms with Crippen molar-refractivity contribution in [3.63, 3.8) is 0 Å². The Balaban J connectivity index is 1.52. The highest BCUT2D eigenvalue weighted by Gasteiger charge is 2.36. The molecule has 2 heterocycles. The molecule has 3 amide bonds. The van der Waals surface area contributed by atoms with Crippen molar-refractivity contribution in [1.29, 1.82) is 0 Å². The summed E-state index contributed by atoms with van der Waals surface area (Å²) in [6.07, 6.45) is 1.67. The van der Waals surface area contributed by atoms with Gasteiger partial charge in [0.2, 0.25) is 11.8 Å². The minimum atomic E-state index is -0.286. The first-order chi connectivity index (χ1) is 14.3. The van der Waals surface area contributed by atoms with Gasteiger partial charge < -0.3 is 24.6 Å². The Morgan fingerprint density at radius 2 is 1.77 bits per heavy atom. The van der Waals surface area contributed by atoms with E-state index >= 15 is 0 Å². The number of hydrogen-bond donors (Lipinski definition) is 1. The molecule has 8 heteroatoms. The van der Waals surface area contributed by atoms with Crippen LogP contribution in [0.4, 0.5) is 0 Å². The average molecular weight is 418 g/mol. The molecular formula is C22H31N3O5. The zero-order valence-electron chi connectivity index (χ0n) is 18.1. The van der Waals surface area contributed by atoms with Crippen LogP contribution >= 0.6 is 0 Å². The molecule has 1 unspecified atom stereocenters. The standard InChI is InChI=1S/C22H31N3O5/c1-14(2)25-13-16(12-20(25)26)21(27)23-17-7-9-24(10-8-17)22(28)15-5-6-18(29-3)19(11-15)30-4/h5-6,11,14,16-17H,7-10,12-13H2,1-4H3,(H,23,27). The van der Waals surface area contributed by atoms with Crippen LogP contribution in [0, 0.1) is 5.92 Å². The SMILES string of the molecule is COc1ccc(C(=O)N2CCC(NC(=O)C3CC(=O)N(C(C)C)C3)CC2)cc1OC. The molecule has 2 fully saturated rings. The molecule has 1 aromatic carbocycles. The molecule has 0 spiro atoms. The number of piperidine rings is 1. The Kier molecular flexibility index (Phi) is 6.84. The van der Waals surface area contributed by atoms with Gasteiger partial charge in [-0.2, -0.15) is 0 Å². The molecular weight excluding hydrogens is 386 g/mol. The number of ether oxygens (including phenoxy) is 2. The zero-order valence-corrected chi connectivity index (χ0v) is 18.1. The Morgan fingerprint density at radius 1 is 1.10 bits per heavy atom. The predicted molar refractivity (Wildman–Crippen MR) is 112 cm³/mol. The molecule has 0 radical (unpaired) electrons. The van der Waals surface area contributed by atoms with Gasteiger partial charge in [0.15, 0.2) is 11.5 Å². The lowest BCUT2D eigenvalue weighted by Crippen LogP contribution is -2.48. The number of benzene rings is 1. The first-order valence-corrected chi connectivity index (χ1v) is 10.4. The van der Waals surface area contributed by atoms with Crippen LogP contribution in [0.25, 0.3) is 0 Å². The second-order valence-corrected chi connectivity index (χ2v) is 8.19. The van der Waals surface area contributed by atoms with Gasteiger partial charge in [0.05, 0.1) is 20.1 Å². The number of nitrogens with one attached hydrogen (secondary N) is 1. The van der Waals surface area contributed by atoms with Crippen molar-refractivity contribution in [2.45, 2.75) is 45.2 Å². The minimum absolute atomic E-state index is 0.0233. The lowest BCUT2D eigenvalue weighted by atomic mass is 10.0. The normalized spacial score (nSPS) is 19.9. The van der Waals surface area contributed by atoms with Crippen molar-refractivity contribution in [3.8, 4) is 11.5 Å². The summed E-state index contributed by atoms with van der Waals surface area (Å²) in [5, 5.41) is 3.08. The summed E-state index contributed by atoms with van der Waals surface area (Å²) in [6.45, 7) is 5.55. The fourth-order valence-corrected chi connectivity index (χ4v) is 4.10. The van der Waals surface area contributed by atoms with Crippen molar-refractivity contribution < 1.29 is 23.9 Å². The third kappa shape index (κ3) is 4.68. The third-order valence-electron chi connectivity index (χ3n) is 5.91. The molecule has 0 saturated carbocycles. The molecule has 8 nitrogen and oxygen atoms in total. The van der Waals surface area contributed by atoms with Crippen LogP contribution in [0.1, 0.15) is 43.5 Å². The van der Waals surface area contributed by atoms with Crippen molar-refractivity contribution in [2.24, 2.45) is 5.92 Å². The van der Waals surface area contributed by atoms with E-state index in [-0.39, 0.29) is 42.1 Å². The molecule has 3 rings (SSSR count). The first kappa shape index (κ1) is 21.9. The monoisotopic (exact) mass is 417 g/mol. The zero-order chi connectivity index (χ0) is 21.8. The van der Waals surface area contributed by atoms with Crippen LogP contribution < -0.4 is 14.8 Å². The van der Waals surface area contributed by atoms with E-state index in [1.807, 2.05) is 13.8 Å². The summed E-state index contributed by atoms with van der Waals surface area (Å²) in [4.78, 5) is 41.0. The molecule has 2 aliphatic rings. The van der Waals surface area contributed by atoms with E-state index in [2.05, 4.69) is 5.32 Å². The van der Waals surface area contributed by atoms with Gasteiger partial charge in [0.1, 0.15) is 0 Å². The van der Waals surface area contributed by atoms with Gasteiger partial charge in [0.25, 0.3) is 5.91 Å². The van der Waals surface area contributed by atoms with Crippen LogP contribution in [0.2, 0.25) is 0 Å². The van der Waals surface area contributed by atoms with Crippen LogP contribution in [-0.4, -0.2) is 73.5 Å². The van der Waals surface area contributed by atoms with E-state index < -0.39 is 0 Å². The summed E-state index contributed by atoms with van der Waals surface area (Å²) >= 11 is 0. The van der Waals surface area contributed by atoms with Crippen LogP contribution in [0.15, 0.2) is 18.2 Å². The average Bonchev–Trinajstić information content (AvgIpc) is 3.15. The van der Waals surface area contributed by atoms with Gasteiger partial charge in [-0.05, 0) is 44.9 Å². The number of nitrogens with zero attached hydrogens (tertiary/aromatic N) is 2. The molecule has 164 valence electrons. The fourth-order valence-electron chi connectivity index (χ4n) is 4.10. The summed E-state index contributed by atoms with van der Waals surface area (Å²) in [6, 6.07) is 5.28. The second-order valence-electron chi connectivity index (χ2n) is 8.19.